The first-order valence-electron chi connectivity index (χ1n) is 4.86. The van der Waals surface area contributed by atoms with E-state index in [9.17, 15) is 5.11 Å². The molecule has 1 aliphatic carbocycles. The molecule has 2 N–H and O–H groups in total. The highest BCUT2D eigenvalue weighted by molar-refractivity contribution is 5.40. The van der Waals surface area contributed by atoms with Gasteiger partial charge in [-0.3, -0.25) is 0 Å². The molecule has 1 aliphatic rings. The first kappa shape index (κ1) is 8.57. The number of nitrogens with one attached hydrogen (secondary N) is 1. The van der Waals surface area contributed by atoms with Crippen molar-refractivity contribution in [2.45, 2.75) is 25.8 Å². The van der Waals surface area contributed by atoms with Crippen LogP contribution in [0.2, 0.25) is 0 Å². The Kier molecular flexibility index (Phi) is 2.23. The second-order valence-electron chi connectivity index (χ2n) is 3.53. The Morgan fingerprint density at radius 3 is 3.15 bits per heavy atom. The first-order chi connectivity index (χ1) is 6.31. The minimum absolute atomic E-state index is 0.378. The Morgan fingerprint density at radius 2 is 2.38 bits per heavy atom. The molecule has 0 saturated heterocycles. The molecule has 1 aromatic rings. The second kappa shape index (κ2) is 3.38. The normalized spacial score (nSPS) is 20.2. The van der Waals surface area contributed by atoms with Crippen LogP contribution in [0.1, 0.15) is 30.5 Å². The topological polar surface area (TPSA) is 32.3 Å². The lowest BCUT2D eigenvalue weighted by Gasteiger charge is -2.11. The fourth-order valence-electron chi connectivity index (χ4n) is 2.05. The fourth-order valence-corrected chi connectivity index (χ4v) is 2.05. The summed E-state index contributed by atoms with van der Waals surface area (Å²) in [5, 5.41) is 12.8. The van der Waals surface area contributed by atoms with Crippen LogP contribution in [0.5, 0.6) is 5.75 Å². The van der Waals surface area contributed by atoms with Crippen LogP contribution < -0.4 is 5.32 Å². The third-order valence-electron chi connectivity index (χ3n) is 2.66. The van der Waals surface area contributed by atoms with E-state index >= 15 is 0 Å². The molecular weight excluding hydrogens is 162 g/mol. The van der Waals surface area contributed by atoms with Gasteiger partial charge in [0.1, 0.15) is 5.75 Å². The minimum atomic E-state index is 0.378. The summed E-state index contributed by atoms with van der Waals surface area (Å²) in [6.07, 6.45) is 2.29. The lowest BCUT2D eigenvalue weighted by Crippen LogP contribution is -2.18. The minimum Gasteiger partial charge on any atom is -0.508 e. The number of benzene rings is 1. The van der Waals surface area contributed by atoms with Crippen molar-refractivity contribution in [1.82, 2.24) is 5.32 Å². The molecule has 0 heterocycles. The summed E-state index contributed by atoms with van der Waals surface area (Å²) in [5.74, 6) is 0.378. The highest BCUT2D eigenvalue weighted by Gasteiger charge is 2.21. The molecule has 1 unspecified atom stereocenters. The third-order valence-corrected chi connectivity index (χ3v) is 2.66. The van der Waals surface area contributed by atoms with Crippen LogP contribution in [-0.2, 0) is 6.42 Å². The predicted molar refractivity (Wildman–Crippen MR) is 52.8 cm³/mol. The molecule has 0 aliphatic heterocycles. The summed E-state index contributed by atoms with van der Waals surface area (Å²) in [6, 6.07) is 6.14. The Labute approximate surface area is 78.6 Å². The van der Waals surface area contributed by atoms with Crippen LogP contribution in [0.3, 0.4) is 0 Å². The van der Waals surface area contributed by atoms with E-state index in [1.807, 2.05) is 12.1 Å². The number of phenolic OH excluding ortho intramolecular Hbond substituents is 1. The average molecular weight is 177 g/mol. The Hall–Kier alpha value is -1.02. The molecule has 0 saturated carbocycles. The van der Waals surface area contributed by atoms with Crippen molar-refractivity contribution < 1.29 is 5.11 Å². The van der Waals surface area contributed by atoms with E-state index in [0.29, 0.717) is 11.8 Å². The molecule has 0 aromatic heterocycles. The predicted octanol–water partition coefficient (Wildman–Crippen LogP) is 1.99. The zero-order chi connectivity index (χ0) is 9.26. The van der Waals surface area contributed by atoms with Gasteiger partial charge in [0.25, 0.3) is 0 Å². The van der Waals surface area contributed by atoms with E-state index in [-0.39, 0.29) is 0 Å². The van der Waals surface area contributed by atoms with E-state index in [2.05, 4.69) is 12.2 Å². The average Bonchev–Trinajstić information content (AvgIpc) is 2.49. The van der Waals surface area contributed by atoms with Gasteiger partial charge in [0.15, 0.2) is 0 Å². The van der Waals surface area contributed by atoms with Crippen molar-refractivity contribution in [3.05, 3.63) is 29.3 Å². The molecule has 13 heavy (non-hydrogen) atoms. The van der Waals surface area contributed by atoms with Gasteiger partial charge in [-0.15, -0.1) is 0 Å². The summed E-state index contributed by atoms with van der Waals surface area (Å²) < 4.78 is 0. The van der Waals surface area contributed by atoms with Gasteiger partial charge in [0.2, 0.25) is 0 Å². The van der Waals surface area contributed by atoms with Crippen LogP contribution in [0, 0.1) is 0 Å². The number of rotatable bonds is 2. The summed E-state index contributed by atoms with van der Waals surface area (Å²) in [5.41, 5.74) is 2.66. The van der Waals surface area contributed by atoms with Gasteiger partial charge in [0, 0.05) is 6.04 Å². The van der Waals surface area contributed by atoms with Crippen LogP contribution >= 0.6 is 0 Å². The quantitative estimate of drug-likeness (QED) is 0.724. The van der Waals surface area contributed by atoms with Crippen molar-refractivity contribution in [3.8, 4) is 5.75 Å². The summed E-state index contributed by atoms with van der Waals surface area (Å²) in [4.78, 5) is 0. The SMILES string of the molecule is CCNC1CCc2ccc(O)cc21. The maximum absolute atomic E-state index is 9.35. The van der Waals surface area contributed by atoms with Crippen molar-refractivity contribution in [1.29, 1.82) is 0 Å². The number of hydrogen-bond acceptors (Lipinski definition) is 2. The van der Waals surface area contributed by atoms with Gasteiger partial charge in [0.05, 0.1) is 0 Å². The number of fused-ring (bicyclic) bond motifs is 1. The largest absolute Gasteiger partial charge is 0.508 e. The van der Waals surface area contributed by atoms with Crippen molar-refractivity contribution >= 4 is 0 Å². The van der Waals surface area contributed by atoms with Gasteiger partial charge >= 0.3 is 0 Å². The lowest BCUT2D eigenvalue weighted by atomic mass is 10.1. The summed E-state index contributed by atoms with van der Waals surface area (Å²) in [7, 11) is 0. The van der Waals surface area contributed by atoms with Crippen LogP contribution in [0.25, 0.3) is 0 Å². The lowest BCUT2D eigenvalue weighted by molar-refractivity contribution is 0.472. The third kappa shape index (κ3) is 1.54. The van der Waals surface area contributed by atoms with Crippen LogP contribution in [-0.4, -0.2) is 11.7 Å². The molecule has 2 rings (SSSR count). The molecule has 0 bridgehead atoms. The maximum Gasteiger partial charge on any atom is 0.115 e. The van der Waals surface area contributed by atoms with Crippen molar-refractivity contribution in [2.75, 3.05) is 6.54 Å². The monoisotopic (exact) mass is 177 g/mol. The van der Waals surface area contributed by atoms with Crippen molar-refractivity contribution in [3.63, 3.8) is 0 Å². The van der Waals surface area contributed by atoms with Gasteiger partial charge in [-0.25, -0.2) is 0 Å². The maximum atomic E-state index is 9.35. The number of aryl methyl sites for hydroxylation is 1. The molecule has 70 valence electrons. The van der Waals surface area contributed by atoms with Crippen molar-refractivity contribution in [2.24, 2.45) is 0 Å². The van der Waals surface area contributed by atoms with E-state index in [1.54, 1.807) is 6.07 Å². The smallest absolute Gasteiger partial charge is 0.115 e. The van der Waals surface area contributed by atoms with E-state index in [0.717, 1.165) is 19.4 Å². The van der Waals surface area contributed by atoms with Gasteiger partial charge in [-0.1, -0.05) is 13.0 Å². The highest BCUT2D eigenvalue weighted by atomic mass is 16.3. The standard InChI is InChI=1S/C11H15NO/c1-2-12-11-6-4-8-3-5-9(13)7-10(8)11/h3,5,7,11-13H,2,4,6H2,1H3. The van der Waals surface area contributed by atoms with Gasteiger partial charge < -0.3 is 10.4 Å². The van der Waals surface area contributed by atoms with E-state index in [4.69, 9.17) is 0 Å². The van der Waals surface area contributed by atoms with Crippen LogP contribution in [0.4, 0.5) is 0 Å². The molecule has 0 fully saturated rings. The first-order valence-corrected chi connectivity index (χ1v) is 4.86. The highest BCUT2D eigenvalue weighted by Crippen LogP contribution is 2.33. The zero-order valence-electron chi connectivity index (χ0n) is 7.88. The number of hydrogen-bond donors (Lipinski definition) is 2. The number of aromatic hydroxyl groups is 1. The Bertz CT molecular complexity index is 307. The molecular formula is C11H15NO. The molecule has 2 nitrogen and oxygen atoms in total. The molecule has 0 amide bonds. The molecule has 1 atom stereocenters. The summed E-state index contributed by atoms with van der Waals surface area (Å²) in [6.45, 7) is 3.10. The van der Waals surface area contributed by atoms with Gasteiger partial charge in [-0.05, 0) is 42.6 Å². The molecule has 1 aromatic carbocycles. The number of phenols is 1. The van der Waals surface area contributed by atoms with E-state index in [1.165, 1.54) is 11.1 Å². The zero-order valence-corrected chi connectivity index (χ0v) is 7.88. The van der Waals surface area contributed by atoms with E-state index < -0.39 is 0 Å². The molecule has 2 heteroatoms. The van der Waals surface area contributed by atoms with Crippen LogP contribution in [0.15, 0.2) is 18.2 Å². The Morgan fingerprint density at radius 1 is 1.54 bits per heavy atom. The molecule has 0 radical (unpaired) electrons. The van der Waals surface area contributed by atoms with Gasteiger partial charge in [-0.2, -0.15) is 0 Å². The summed E-state index contributed by atoms with van der Waals surface area (Å²) >= 11 is 0. The Balaban J connectivity index is 2.29. The second-order valence-corrected chi connectivity index (χ2v) is 3.53. The fraction of sp³-hybridized carbons (Fsp3) is 0.455. The molecule has 0 spiro atoms.